The van der Waals surface area contributed by atoms with Gasteiger partial charge in [0.05, 0.1) is 6.10 Å². The van der Waals surface area contributed by atoms with Crippen LogP contribution in [0.15, 0.2) is 0 Å². The highest BCUT2D eigenvalue weighted by Crippen LogP contribution is 2.10. The Morgan fingerprint density at radius 3 is 3.00 bits per heavy atom. The third-order valence-corrected chi connectivity index (χ3v) is 2.74. The number of hydrogen-bond acceptors (Lipinski definition) is 3. The van der Waals surface area contributed by atoms with Gasteiger partial charge in [0.2, 0.25) is 0 Å². The monoisotopic (exact) mass is 199 g/mol. The molecule has 0 bridgehead atoms. The first kappa shape index (κ1) is 11.5. The zero-order chi connectivity index (χ0) is 10.4. The molecule has 1 rings (SSSR count). The van der Waals surface area contributed by atoms with Crippen LogP contribution in [0.4, 0.5) is 0 Å². The van der Waals surface area contributed by atoms with Crippen LogP contribution in [0.25, 0.3) is 0 Å². The van der Waals surface area contributed by atoms with Gasteiger partial charge in [-0.05, 0) is 32.7 Å². The molecule has 0 aromatic heterocycles. The van der Waals surface area contributed by atoms with Crippen LogP contribution in [-0.2, 0) is 9.53 Å². The van der Waals surface area contributed by atoms with Gasteiger partial charge < -0.3 is 10.1 Å². The summed E-state index contributed by atoms with van der Waals surface area (Å²) in [7, 11) is 0. The molecule has 1 heterocycles. The highest BCUT2D eigenvalue weighted by molar-refractivity contribution is 5.75. The molecule has 1 aliphatic heterocycles. The maximum atomic E-state index is 11.6. The van der Waals surface area contributed by atoms with E-state index in [2.05, 4.69) is 5.32 Å². The molecule has 0 spiro atoms. The topological polar surface area (TPSA) is 38.3 Å². The maximum Gasteiger partial charge on any atom is 0.323 e. The number of esters is 1. The number of rotatable bonds is 3. The van der Waals surface area contributed by atoms with Gasteiger partial charge in [0.25, 0.3) is 0 Å². The molecule has 1 fully saturated rings. The van der Waals surface area contributed by atoms with Crippen LogP contribution in [0.1, 0.15) is 46.0 Å². The SMILES string of the molecule is CCC(C)OC(=O)C1CCCCCN1. The average molecular weight is 199 g/mol. The van der Waals surface area contributed by atoms with Crippen molar-refractivity contribution in [3.63, 3.8) is 0 Å². The lowest BCUT2D eigenvalue weighted by atomic mass is 10.1. The van der Waals surface area contributed by atoms with Crippen molar-refractivity contribution in [1.29, 1.82) is 0 Å². The maximum absolute atomic E-state index is 11.6. The minimum atomic E-state index is -0.0683. The molecule has 0 amide bonds. The normalized spacial score (nSPS) is 25.1. The molecular weight excluding hydrogens is 178 g/mol. The molecule has 1 aliphatic rings. The van der Waals surface area contributed by atoms with E-state index in [-0.39, 0.29) is 18.1 Å². The molecule has 0 aromatic rings. The molecule has 2 atom stereocenters. The summed E-state index contributed by atoms with van der Waals surface area (Å²) in [5.41, 5.74) is 0. The van der Waals surface area contributed by atoms with Gasteiger partial charge >= 0.3 is 5.97 Å². The molecule has 2 unspecified atom stereocenters. The smallest absolute Gasteiger partial charge is 0.323 e. The Hall–Kier alpha value is -0.570. The van der Waals surface area contributed by atoms with Gasteiger partial charge in [0.1, 0.15) is 6.04 Å². The van der Waals surface area contributed by atoms with E-state index in [4.69, 9.17) is 4.74 Å². The Balaban J connectivity index is 2.34. The van der Waals surface area contributed by atoms with Crippen molar-refractivity contribution in [3.05, 3.63) is 0 Å². The van der Waals surface area contributed by atoms with Crippen LogP contribution in [-0.4, -0.2) is 24.7 Å². The summed E-state index contributed by atoms with van der Waals surface area (Å²) in [6.45, 7) is 4.91. The van der Waals surface area contributed by atoms with Crippen molar-refractivity contribution in [2.45, 2.75) is 58.1 Å². The summed E-state index contributed by atoms with van der Waals surface area (Å²) in [5, 5.41) is 3.24. The number of hydrogen-bond donors (Lipinski definition) is 1. The first-order valence-electron chi connectivity index (χ1n) is 5.68. The van der Waals surface area contributed by atoms with Crippen molar-refractivity contribution in [1.82, 2.24) is 5.32 Å². The van der Waals surface area contributed by atoms with E-state index in [1.807, 2.05) is 13.8 Å². The second kappa shape index (κ2) is 6.02. The van der Waals surface area contributed by atoms with Crippen molar-refractivity contribution in [2.24, 2.45) is 0 Å². The lowest BCUT2D eigenvalue weighted by Crippen LogP contribution is -2.38. The predicted molar refractivity (Wildman–Crippen MR) is 56.1 cm³/mol. The first-order chi connectivity index (χ1) is 6.74. The summed E-state index contributed by atoms with van der Waals surface area (Å²) in [6, 6.07) is -0.0634. The standard InChI is InChI=1S/C11H21NO2/c1-3-9(2)14-11(13)10-7-5-4-6-8-12-10/h9-10,12H,3-8H2,1-2H3. The minimum absolute atomic E-state index is 0.0487. The number of carbonyl (C=O) groups is 1. The first-order valence-corrected chi connectivity index (χ1v) is 5.68. The Morgan fingerprint density at radius 2 is 2.29 bits per heavy atom. The largest absolute Gasteiger partial charge is 0.462 e. The van der Waals surface area contributed by atoms with Crippen LogP contribution in [0.3, 0.4) is 0 Å². The van der Waals surface area contributed by atoms with E-state index in [9.17, 15) is 4.79 Å². The van der Waals surface area contributed by atoms with Crippen molar-refractivity contribution in [3.8, 4) is 0 Å². The molecule has 0 aliphatic carbocycles. The Kier molecular flexibility index (Phi) is 4.94. The van der Waals surface area contributed by atoms with Crippen LogP contribution < -0.4 is 5.32 Å². The van der Waals surface area contributed by atoms with Crippen LogP contribution >= 0.6 is 0 Å². The van der Waals surface area contributed by atoms with Crippen molar-refractivity contribution >= 4 is 5.97 Å². The molecule has 0 aromatic carbocycles. The van der Waals surface area contributed by atoms with Crippen LogP contribution in [0, 0.1) is 0 Å². The van der Waals surface area contributed by atoms with Gasteiger partial charge in [0, 0.05) is 0 Å². The Bertz CT molecular complexity index is 174. The summed E-state index contributed by atoms with van der Waals surface area (Å²) >= 11 is 0. The van der Waals surface area contributed by atoms with E-state index in [0.29, 0.717) is 0 Å². The second-order valence-electron chi connectivity index (χ2n) is 4.01. The molecule has 1 N–H and O–H groups in total. The lowest BCUT2D eigenvalue weighted by Gasteiger charge is -2.17. The predicted octanol–water partition coefficient (Wildman–Crippen LogP) is 1.86. The number of carbonyl (C=O) groups excluding carboxylic acids is 1. The molecule has 1 saturated heterocycles. The van der Waals surface area contributed by atoms with Crippen molar-refractivity contribution < 1.29 is 9.53 Å². The molecule has 14 heavy (non-hydrogen) atoms. The quantitative estimate of drug-likeness (QED) is 0.705. The van der Waals surface area contributed by atoms with Gasteiger partial charge in [-0.2, -0.15) is 0 Å². The van der Waals surface area contributed by atoms with Gasteiger partial charge in [0.15, 0.2) is 0 Å². The highest BCUT2D eigenvalue weighted by Gasteiger charge is 2.21. The lowest BCUT2D eigenvalue weighted by molar-refractivity contribution is -0.151. The van der Waals surface area contributed by atoms with Gasteiger partial charge in [-0.3, -0.25) is 4.79 Å². The van der Waals surface area contributed by atoms with Gasteiger partial charge in [-0.15, -0.1) is 0 Å². The number of nitrogens with one attached hydrogen (secondary N) is 1. The Morgan fingerprint density at radius 1 is 1.50 bits per heavy atom. The zero-order valence-corrected chi connectivity index (χ0v) is 9.21. The molecule has 3 nitrogen and oxygen atoms in total. The third kappa shape index (κ3) is 3.66. The molecule has 3 heteroatoms. The van der Waals surface area contributed by atoms with E-state index in [0.717, 1.165) is 25.8 Å². The molecule has 0 radical (unpaired) electrons. The fourth-order valence-corrected chi connectivity index (χ4v) is 1.59. The zero-order valence-electron chi connectivity index (χ0n) is 9.21. The van der Waals surface area contributed by atoms with Crippen LogP contribution in [0.5, 0.6) is 0 Å². The van der Waals surface area contributed by atoms with Gasteiger partial charge in [-0.25, -0.2) is 0 Å². The summed E-state index contributed by atoms with van der Waals surface area (Å²) in [4.78, 5) is 11.6. The third-order valence-electron chi connectivity index (χ3n) is 2.74. The molecular formula is C11H21NO2. The molecule has 0 saturated carbocycles. The fourth-order valence-electron chi connectivity index (χ4n) is 1.59. The van der Waals surface area contributed by atoms with Crippen molar-refractivity contribution in [2.75, 3.05) is 6.54 Å². The second-order valence-corrected chi connectivity index (χ2v) is 4.01. The summed E-state index contributed by atoms with van der Waals surface area (Å²) in [6.07, 6.45) is 5.39. The summed E-state index contributed by atoms with van der Waals surface area (Å²) in [5.74, 6) is -0.0683. The van der Waals surface area contributed by atoms with E-state index in [1.165, 1.54) is 12.8 Å². The van der Waals surface area contributed by atoms with E-state index < -0.39 is 0 Å². The van der Waals surface area contributed by atoms with Crippen LogP contribution in [0.2, 0.25) is 0 Å². The van der Waals surface area contributed by atoms with E-state index >= 15 is 0 Å². The number of ether oxygens (including phenoxy) is 1. The highest BCUT2D eigenvalue weighted by atomic mass is 16.5. The van der Waals surface area contributed by atoms with Gasteiger partial charge in [-0.1, -0.05) is 19.8 Å². The minimum Gasteiger partial charge on any atom is -0.462 e. The average Bonchev–Trinajstić information content (AvgIpc) is 2.45. The molecule has 82 valence electrons. The summed E-state index contributed by atoms with van der Waals surface area (Å²) < 4.78 is 5.29. The Labute approximate surface area is 86.2 Å². The fraction of sp³-hybridized carbons (Fsp3) is 0.909. The van der Waals surface area contributed by atoms with E-state index in [1.54, 1.807) is 0 Å².